The first-order valence-electron chi connectivity index (χ1n) is 6.03. The molecule has 2 nitrogen and oxygen atoms in total. The minimum Gasteiger partial charge on any atom is -0.311 e. The van der Waals surface area contributed by atoms with Gasteiger partial charge in [0.25, 0.3) is 0 Å². The fraction of sp³-hybridized carbons (Fsp3) is 0.692. The zero-order valence-electron chi connectivity index (χ0n) is 9.49. The Balaban J connectivity index is 1.83. The van der Waals surface area contributed by atoms with Gasteiger partial charge in [0.15, 0.2) is 0 Å². The molecular weight excluding hydrogens is 184 g/mol. The van der Waals surface area contributed by atoms with E-state index in [9.17, 15) is 0 Å². The lowest BCUT2D eigenvalue weighted by Crippen LogP contribution is -2.35. The van der Waals surface area contributed by atoms with Crippen LogP contribution in [0, 0.1) is 5.92 Å². The summed E-state index contributed by atoms with van der Waals surface area (Å²) in [5.74, 6) is 0.851. The third-order valence-corrected chi connectivity index (χ3v) is 3.70. The van der Waals surface area contributed by atoms with Crippen LogP contribution in [0.3, 0.4) is 0 Å². The van der Waals surface area contributed by atoms with E-state index in [1.54, 1.807) is 0 Å². The fourth-order valence-corrected chi connectivity index (χ4v) is 3.06. The van der Waals surface area contributed by atoms with Crippen molar-refractivity contribution in [1.82, 2.24) is 10.2 Å². The van der Waals surface area contributed by atoms with Crippen LogP contribution >= 0.6 is 0 Å². The van der Waals surface area contributed by atoms with Gasteiger partial charge in [0.2, 0.25) is 0 Å². The lowest BCUT2D eigenvalue weighted by molar-refractivity contribution is 0.247. The Labute approximate surface area is 93.0 Å². The summed E-state index contributed by atoms with van der Waals surface area (Å²) in [5, 5.41) is 3.69. The number of fused-ring (bicyclic) bond motifs is 2. The van der Waals surface area contributed by atoms with Crippen LogP contribution in [0.15, 0.2) is 25.3 Å². The van der Waals surface area contributed by atoms with Crippen molar-refractivity contribution in [3.8, 4) is 0 Å². The van der Waals surface area contributed by atoms with E-state index in [1.807, 2.05) is 12.2 Å². The quantitative estimate of drug-likeness (QED) is 0.667. The van der Waals surface area contributed by atoms with Crippen LogP contribution < -0.4 is 5.32 Å². The molecule has 84 valence electrons. The minimum absolute atomic E-state index is 0.784. The Morgan fingerprint density at radius 1 is 1.20 bits per heavy atom. The Morgan fingerprint density at radius 2 is 1.93 bits per heavy atom. The molecule has 2 bridgehead atoms. The van der Waals surface area contributed by atoms with E-state index in [1.165, 1.54) is 25.8 Å². The van der Waals surface area contributed by atoms with E-state index in [4.69, 9.17) is 0 Å². The predicted molar refractivity (Wildman–Crippen MR) is 64.9 cm³/mol. The second-order valence-electron chi connectivity index (χ2n) is 4.84. The molecule has 15 heavy (non-hydrogen) atoms. The molecule has 2 saturated heterocycles. The average molecular weight is 206 g/mol. The highest BCUT2D eigenvalue weighted by molar-refractivity contribution is 4.98. The number of hydrogen-bond donors (Lipinski definition) is 1. The summed E-state index contributed by atoms with van der Waals surface area (Å²) in [6, 6.07) is 1.60. The van der Waals surface area contributed by atoms with Gasteiger partial charge in [-0.1, -0.05) is 12.2 Å². The number of hydrogen-bond acceptors (Lipinski definition) is 2. The predicted octanol–water partition coefficient (Wildman–Crippen LogP) is 1.80. The molecule has 0 aromatic carbocycles. The molecule has 0 aromatic rings. The minimum atomic E-state index is 0.784. The summed E-state index contributed by atoms with van der Waals surface area (Å²) < 4.78 is 0. The van der Waals surface area contributed by atoms with Crippen LogP contribution in [-0.2, 0) is 0 Å². The van der Waals surface area contributed by atoms with Crippen LogP contribution in [0.1, 0.15) is 19.3 Å². The van der Waals surface area contributed by atoms with Gasteiger partial charge >= 0.3 is 0 Å². The number of nitrogens with one attached hydrogen (secondary N) is 1. The summed E-state index contributed by atoms with van der Waals surface area (Å²) in [6.45, 7) is 10.8. The summed E-state index contributed by atoms with van der Waals surface area (Å²) in [7, 11) is 0. The third kappa shape index (κ3) is 2.50. The van der Waals surface area contributed by atoms with Crippen molar-refractivity contribution in [2.24, 2.45) is 5.92 Å². The molecule has 2 aliphatic heterocycles. The van der Waals surface area contributed by atoms with Gasteiger partial charge in [-0.05, 0) is 25.2 Å². The van der Waals surface area contributed by atoms with Gasteiger partial charge in [0.05, 0.1) is 0 Å². The first-order valence-corrected chi connectivity index (χ1v) is 6.03. The molecule has 0 radical (unpaired) electrons. The SMILES string of the molecule is C=CCN(CC=C)CC1CC2CCC1N2. The van der Waals surface area contributed by atoms with E-state index in [-0.39, 0.29) is 0 Å². The fourth-order valence-electron chi connectivity index (χ4n) is 3.06. The molecule has 2 rings (SSSR count). The van der Waals surface area contributed by atoms with Gasteiger partial charge in [-0.25, -0.2) is 0 Å². The van der Waals surface area contributed by atoms with Crippen molar-refractivity contribution in [1.29, 1.82) is 0 Å². The van der Waals surface area contributed by atoms with Gasteiger partial charge in [0, 0.05) is 31.7 Å². The van der Waals surface area contributed by atoms with Crippen molar-refractivity contribution < 1.29 is 0 Å². The van der Waals surface area contributed by atoms with Gasteiger partial charge in [0.1, 0.15) is 0 Å². The molecule has 1 N–H and O–H groups in total. The van der Waals surface area contributed by atoms with Crippen molar-refractivity contribution in [3.63, 3.8) is 0 Å². The van der Waals surface area contributed by atoms with Gasteiger partial charge < -0.3 is 5.32 Å². The van der Waals surface area contributed by atoms with Gasteiger partial charge in [-0.15, -0.1) is 13.2 Å². The lowest BCUT2D eigenvalue weighted by Gasteiger charge is -2.27. The molecule has 0 spiro atoms. The molecular formula is C13H22N2. The summed E-state index contributed by atoms with van der Waals surface area (Å²) in [5.41, 5.74) is 0. The van der Waals surface area contributed by atoms with Crippen molar-refractivity contribution >= 4 is 0 Å². The molecule has 2 fully saturated rings. The molecule has 0 amide bonds. The zero-order valence-corrected chi connectivity index (χ0v) is 9.49. The first-order chi connectivity index (χ1) is 7.33. The van der Waals surface area contributed by atoms with Crippen LogP contribution in [-0.4, -0.2) is 36.6 Å². The zero-order chi connectivity index (χ0) is 10.7. The highest BCUT2D eigenvalue weighted by atomic mass is 15.1. The molecule has 3 atom stereocenters. The van der Waals surface area contributed by atoms with Crippen molar-refractivity contribution in [3.05, 3.63) is 25.3 Å². The molecule has 0 aliphatic carbocycles. The highest BCUT2D eigenvalue weighted by Gasteiger charge is 2.39. The van der Waals surface area contributed by atoms with Crippen LogP contribution in [0.2, 0.25) is 0 Å². The van der Waals surface area contributed by atoms with Gasteiger partial charge in [-0.2, -0.15) is 0 Å². The third-order valence-electron chi connectivity index (χ3n) is 3.70. The normalized spacial score (nSPS) is 33.5. The summed E-state index contributed by atoms with van der Waals surface area (Å²) in [6.07, 6.45) is 8.12. The number of nitrogens with zero attached hydrogens (tertiary/aromatic N) is 1. The topological polar surface area (TPSA) is 15.3 Å². The molecule has 0 saturated carbocycles. The van der Waals surface area contributed by atoms with Crippen molar-refractivity contribution in [2.45, 2.75) is 31.3 Å². The highest BCUT2D eigenvalue weighted by Crippen LogP contribution is 2.33. The standard InChI is InChI=1S/C13H22N2/c1-3-7-15(8-4-2)10-11-9-12-5-6-13(11)14-12/h3-4,11-14H,1-2,5-10H2. The molecule has 3 unspecified atom stereocenters. The number of rotatable bonds is 6. The largest absolute Gasteiger partial charge is 0.311 e. The Hall–Kier alpha value is -0.600. The van der Waals surface area contributed by atoms with Crippen LogP contribution in [0.4, 0.5) is 0 Å². The molecule has 0 aromatic heterocycles. The lowest BCUT2D eigenvalue weighted by atomic mass is 9.89. The Kier molecular flexibility index (Phi) is 3.60. The maximum Gasteiger partial charge on any atom is 0.0164 e. The Bertz CT molecular complexity index is 227. The second-order valence-corrected chi connectivity index (χ2v) is 4.84. The van der Waals surface area contributed by atoms with Crippen LogP contribution in [0.5, 0.6) is 0 Å². The average Bonchev–Trinajstić information content (AvgIpc) is 2.80. The van der Waals surface area contributed by atoms with E-state index in [0.29, 0.717) is 0 Å². The molecule has 2 aliphatic rings. The van der Waals surface area contributed by atoms with Gasteiger partial charge in [-0.3, -0.25) is 4.90 Å². The Morgan fingerprint density at radius 3 is 2.40 bits per heavy atom. The van der Waals surface area contributed by atoms with Crippen molar-refractivity contribution in [2.75, 3.05) is 19.6 Å². The first kappa shape index (κ1) is 10.9. The maximum atomic E-state index is 3.81. The second kappa shape index (κ2) is 4.95. The van der Waals surface area contributed by atoms with E-state index in [0.717, 1.165) is 31.1 Å². The summed E-state index contributed by atoms with van der Waals surface area (Å²) >= 11 is 0. The molecule has 2 heteroatoms. The molecule has 2 heterocycles. The van der Waals surface area contributed by atoms with E-state index < -0.39 is 0 Å². The monoisotopic (exact) mass is 206 g/mol. The summed E-state index contributed by atoms with van der Waals surface area (Å²) in [4.78, 5) is 2.44. The van der Waals surface area contributed by atoms with Crippen LogP contribution in [0.25, 0.3) is 0 Å². The van der Waals surface area contributed by atoms with E-state index >= 15 is 0 Å². The van der Waals surface area contributed by atoms with E-state index in [2.05, 4.69) is 23.4 Å². The maximum absolute atomic E-state index is 3.81. The smallest absolute Gasteiger partial charge is 0.0164 e.